The number of halogens is 3. The predicted octanol–water partition coefficient (Wildman–Crippen LogP) is 3.18. The molecule has 25 heavy (non-hydrogen) atoms. The van der Waals surface area contributed by atoms with Gasteiger partial charge in [0.2, 0.25) is 5.95 Å². The molecule has 0 saturated heterocycles. The van der Waals surface area contributed by atoms with Gasteiger partial charge in [-0.25, -0.2) is 4.98 Å². The van der Waals surface area contributed by atoms with Crippen molar-refractivity contribution in [3.63, 3.8) is 0 Å². The first-order valence-corrected chi connectivity index (χ1v) is 7.23. The smallest absolute Gasteiger partial charge is 0.421 e. The Morgan fingerprint density at radius 2 is 1.96 bits per heavy atom. The number of anilines is 3. The third-order valence-corrected chi connectivity index (χ3v) is 3.64. The highest BCUT2D eigenvalue weighted by Gasteiger charge is 2.35. The third kappa shape index (κ3) is 3.02. The summed E-state index contributed by atoms with van der Waals surface area (Å²) in [4.78, 5) is 7.64. The van der Waals surface area contributed by atoms with Gasteiger partial charge in [-0.15, -0.1) is 0 Å². The second-order valence-electron chi connectivity index (χ2n) is 5.18. The van der Waals surface area contributed by atoms with E-state index >= 15 is 0 Å². The average molecular weight is 352 g/mol. The molecular formula is C15H15F3N6O. The lowest BCUT2D eigenvalue weighted by molar-refractivity contribution is -0.137. The van der Waals surface area contributed by atoms with Gasteiger partial charge in [0.15, 0.2) is 5.75 Å². The predicted molar refractivity (Wildman–Crippen MR) is 87.1 cm³/mol. The molecule has 0 fully saturated rings. The van der Waals surface area contributed by atoms with Crippen LogP contribution >= 0.6 is 0 Å². The Bertz CT molecular complexity index is 922. The van der Waals surface area contributed by atoms with Gasteiger partial charge in [-0.3, -0.25) is 4.68 Å². The zero-order valence-corrected chi connectivity index (χ0v) is 13.6. The van der Waals surface area contributed by atoms with Gasteiger partial charge in [-0.2, -0.15) is 23.3 Å². The SMILES string of the molecule is CNc1nc(Nc2ccc3cnn(C)c3c2OC)ncc1C(F)(F)F. The van der Waals surface area contributed by atoms with Crippen molar-refractivity contribution in [3.8, 4) is 5.75 Å². The third-order valence-electron chi connectivity index (χ3n) is 3.64. The number of benzene rings is 1. The Kier molecular flexibility index (Phi) is 4.11. The molecule has 132 valence electrons. The highest BCUT2D eigenvalue weighted by molar-refractivity contribution is 5.91. The van der Waals surface area contributed by atoms with Gasteiger partial charge in [0.05, 0.1) is 19.0 Å². The largest absolute Gasteiger partial charge is 0.492 e. The Morgan fingerprint density at radius 3 is 2.60 bits per heavy atom. The highest BCUT2D eigenvalue weighted by Crippen LogP contribution is 2.36. The van der Waals surface area contributed by atoms with Crippen LogP contribution in [0.25, 0.3) is 10.9 Å². The molecule has 2 aromatic heterocycles. The summed E-state index contributed by atoms with van der Waals surface area (Å²) in [5, 5.41) is 10.4. The van der Waals surface area contributed by atoms with E-state index in [9.17, 15) is 13.2 Å². The fraction of sp³-hybridized carbons (Fsp3) is 0.267. The molecule has 0 radical (unpaired) electrons. The molecule has 0 amide bonds. The summed E-state index contributed by atoms with van der Waals surface area (Å²) in [7, 11) is 4.63. The zero-order chi connectivity index (χ0) is 18.2. The molecule has 0 aliphatic rings. The van der Waals surface area contributed by atoms with Crippen molar-refractivity contribution in [1.29, 1.82) is 0 Å². The number of nitrogens with zero attached hydrogens (tertiary/aromatic N) is 4. The molecule has 3 aromatic rings. The van der Waals surface area contributed by atoms with Crippen molar-refractivity contribution in [1.82, 2.24) is 19.7 Å². The maximum Gasteiger partial charge on any atom is 0.421 e. The number of methoxy groups -OCH3 is 1. The number of alkyl halides is 3. The fourth-order valence-electron chi connectivity index (χ4n) is 2.50. The van der Waals surface area contributed by atoms with E-state index in [0.717, 1.165) is 17.1 Å². The Balaban J connectivity index is 2.03. The minimum absolute atomic E-state index is 0.0113. The van der Waals surface area contributed by atoms with Crippen LogP contribution < -0.4 is 15.4 Å². The maximum atomic E-state index is 12.9. The quantitative estimate of drug-likeness (QED) is 0.751. The zero-order valence-electron chi connectivity index (χ0n) is 13.6. The molecular weight excluding hydrogens is 337 g/mol. The maximum absolute atomic E-state index is 12.9. The molecule has 0 saturated carbocycles. The lowest BCUT2D eigenvalue weighted by Gasteiger charge is -2.14. The van der Waals surface area contributed by atoms with Crippen molar-refractivity contribution in [2.75, 3.05) is 24.8 Å². The Hall–Kier alpha value is -3.04. The van der Waals surface area contributed by atoms with E-state index in [1.807, 2.05) is 6.07 Å². The van der Waals surface area contributed by atoms with E-state index in [4.69, 9.17) is 4.74 Å². The van der Waals surface area contributed by atoms with Crippen molar-refractivity contribution < 1.29 is 17.9 Å². The second kappa shape index (κ2) is 6.11. The molecule has 3 rings (SSSR count). The summed E-state index contributed by atoms with van der Waals surface area (Å²) in [6.07, 6.45) is -2.12. The van der Waals surface area contributed by atoms with E-state index in [1.54, 1.807) is 24.0 Å². The van der Waals surface area contributed by atoms with Crippen molar-refractivity contribution >= 4 is 28.4 Å². The molecule has 10 heteroatoms. The first kappa shape index (κ1) is 16.8. The van der Waals surface area contributed by atoms with Crippen LogP contribution in [0.1, 0.15) is 5.56 Å². The van der Waals surface area contributed by atoms with Gasteiger partial charge >= 0.3 is 6.18 Å². The van der Waals surface area contributed by atoms with E-state index in [-0.39, 0.29) is 11.8 Å². The van der Waals surface area contributed by atoms with Crippen LogP contribution in [0, 0.1) is 0 Å². The van der Waals surface area contributed by atoms with Crippen molar-refractivity contribution in [2.45, 2.75) is 6.18 Å². The van der Waals surface area contributed by atoms with E-state index in [0.29, 0.717) is 11.4 Å². The molecule has 2 N–H and O–H groups in total. The van der Waals surface area contributed by atoms with Gasteiger partial charge in [0, 0.05) is 25.7 Å². The number of aromatic nitrogens is 4. The summed E-state index contributed by atoms with van der Waals surface area (Å²) in [5.74, 6) is 0.190. The lowest BCUT2D eigenvalue weighted by atomic mass is 10.2. The summed E-state index contributed by atoms with van der Waals surface area (Å²) >= 11 is 0. The van der Waals surface area contributed by atoms with Crippen LogP contribution in [0.3, 0.4) is 0 Å². The number of hydrogen-bond donors (Lipinski definition) is 2. The average Bonchev–Trinajstić information content (AvgIpc) is 2.95. The van der Waals surface area contributed by atoms with Crippen molar-refractivity contribution in [2.24, 2.45) is 7.05 Å². The number of rotatable bonds is 4. The Morgan fingerprint density at radius 1 is 1.20 bits per heavy atom. The van der Waals surface area contributed by atoms with Crippen LogP contribution in [-0.2, 0) is 13.2 Å². The van der Waals surface area contributed by atoms with Gasteiger partial charge < -0.3 is 15.4 Å². The lowest BCUT2D eigenvalue weighted by Crippen LogP contribution is -2.12. The molecule has 0 aliphatic carbocycles. The number of ether oxygens (including phenoxy) is 1. The topological polar surface area (TPSA) is 76.9 Å². The molecule has 0 spiro atoms. The van der Waals surface area contributed by atoms with E-state index < -0.39 is 11.7 Å². The minimum atomic E-state index is -4.54. The number of fused-ring (bicyclic) bond motifs is 1. The van der Waals surface area contributed by atoms with Gasteiger partial charge in [0.1, 0.15) is 16.9 Å². The number of aryl methyl sites for hydroxylation is 1. The van der Waals surface area contributed by atoms with Crippen molar-refractivity contribution in [3.05, 3.63) is 30.1 Å². The molecule has 7 nitrogen and oxygen atoms in total. The molecule has 0 unspecified atom stereocenters. The first-order valence-electron chi connectivity index (χ1n) is 7.23. The minimum Gasteiger partial charge on any atom is -0.492 e. The number of nitrogens with one attached hydrogen (secondary N) is 2. The summed E-state index contributed by atoms with van der Waals surface area (Å²) < 4.78 is 45.9. The molecule has 2 heterocycles. The van der Waals surface area contributed by atoms with E-state index in [1.165, 1.54) is 14.2 Å². The first-order chi connectivity index (χ1) is 11.8. The normalized spacial score (nSPS) is 11.6. The summed E-state index contributed by atoms with van der Waals surface area (Å²) in [6.45, 7) is 0. The van der Waals surface area contributed by atoms with Crippen LogP contribution in [0.15, 0.2) is 24.5 Å². The van der Waals surface area contributed by atoms with Crippen LogP contribution in [0.5, 0.6) is 5.75 Å². The second-order valence-corrected chi connectivity index (χ2v) is 5.18. The van der Waals surface area contributed by atoms with E-state index in [2.05, 4.69) is 25.7 Å². The fourth-order valence-corrected chi connectivity index (χ4v) is 2.50. The van der Waals surface area contributed by atoms with Crippen LogP contribution in [-0.4, -0.2) is 33.9 Å². The summed E-state index contributed by atoms with van der Waals surface area (Å²) in [6, 6.07) is 3.54. The van der Waals surface area contributed by atoms with Crippen LogP contribution in [0.4, 0.5) is 30.6 Å². The Labute approximate surface area is 140 Å². The molecule has 1 aromatic carbocycles. The van der Waals surface area contributed by atoms with Gasteiger partial charge in [-0.05, 0) is 12.1 Å². The molecule has 0 atom stereocenters. The van der Waals surface area contributed by atoms with Crippen LogP contribution in [0.2, 0.25) is 0 Å². The summed E-state index contributed by atoms with van der Waals surface area (Å²) in [5.41, 5.74) is 0.322. The van der Waals surface area contributed by atoms with Gasteiger partial charge in [-0.1, -0.05) is 0 Å². The number of hydrogen-bond acceptors (Lipinski definition) is 6. The molecule has 0 aliphatic heterocycles. The standard InChI is InChI=1S/C15H15F3N6O/c1-19-13-9(15(16,17)18)7-20-14(23-13)22-10-5-4-8-6-21-24(2)11(8)12(10)25-3/h4-7H,1-3H3,(H2,19,20,22,23). The highest BCUT2D eigenvalue weighted by atomic mass is 19.4. The van der Waals surface area contributed by atoms with Gasteiger partial charge in [0.25, 0.3) is 0 Å². The molecule has 0 bridgehead atoms. The monoisotopic (exact) mass is 352 g/mol.